The van der Waals surface area contributed by atoms with Crippen molar-refractivity contribution in [1.82, 2.24) is 4.98 Å². The van der Waals surface area contributed by atoms with Gasteiger partial charge in [0.15, 0.2) is 6.61 Å². The summed E-state index contributed by atoms with van der Waals surface area (Å²) in [6.07, 6.45) is 1.73. The molecule has 2 aromatic carbocycles. The summed E-state index contributed by atoms with van der Waals surface area (Å²) in [5.74, 6) is -0.370. The topological polar surface area (TPSA) is 77.5 Å². The van der Waals surface area contributed by atoms with Crippen LogP contribution < -0.4 is 10.1 Å². The van der Waals surface area contributed by atoms with E-state index >= 15 is 0 Å². The number of fused-ring (bicyclic) bond motifs is 1. The number of methoxy groups -OCH3 is 1. The fourth-order valence-corrected chi connectivity index (χ4v) is 2.77. The predicted molar refractivity (Wildman–Crippen MR) is 103 cm³/mol. The Balaban J connectivity index is 1.59. The van der Waals surface area contributed by atoms with Crippen molar-refractivity contribution in [3.63, 3.8) is 0 Å². The molecule has 0 aliphatic carbocycles. The number of para-hydroxylation sites is 1. The van der Waals surface area contributed by atoms with E-state index in [2.05, 4.69) is 10.3 Å². The second-order valence-corrected chi connectivity index (χ2v) is 6.08. The number of amides is 1. The van der Waals surface area contributed by atoms with E-state index < -0.39 is 11.9 Å². The van der Waals surface area contributed by atoms with Crippen molar-refractivity contribution in [2.75, 3.05) is 19.0 Å². The summed E-state index contributed by atoms with van der Waals surface area (Å²) in [5.41, 5.74) is 3.04. The van der Waals surface area contributed by atoms with Gasteiger partial charge in [-0.3, -0.25) is 14.6 Å². The van der Waals surface area contributed by atoms with Crippen molar-refractivity contribution in [3.05, 3.63) is 65.9 Å². The van der Waals surface area contributed by atoms with Crippen LogP contribution in [0.25, 0.3) is 10.9 Å². The number of carbonyl (C=O) groups excluding carboxylic acids is 2. The standard InChI is InChI=1S/C21H20N2O4/c1-14-8-9-18(26-2)17(11-14)23-19(24)13-27-20(25)12-16-6-3-5-15-7-4-10-22-21(15)16/h3-11H,12-13H2,1-2H3,(H,23,24). The molecular formula is C21H20N2O4. The number of aryl methyl sites for hydroxylation is 1. The molecule has 0 spiro atoms. The number of anilines is 1. The first-order valence-corrected chi connectivity index (χ1v) is 8.49. The van der Waals surface area contributed by atoms with Crippen LogP contribution in [0.1, 0.15) is 11.1 Å². The molecule has 0 aliphatic heterocycles. The Morgan fingerprint density at radius 3 is 2.74 bits per heavy atom. The van der Waals surface area contributed by atoms with Crippen LogP contribution in [0.3, 0.4) is 0 Å². The van der Waals surface area contributed by atoms with Crippen LogP contribution in [-0.2, 0) is 20.7 Å². The van der Waals surface area contributed by atoms with Crippen molar-refractivity contribution < 1.29 is 19.1 Å². The maximum absolute atomic E-state index is 12.1. The van der Waals surface area contributed by atoms with Crippen LogP contribution in [0.2, 0.25) is 0 Å². The monoisotopic (exact) mass is 364 g/mol. The van der Waals surface area contributed by atoms with E-state index in [4.69, 9.17) is 9.47 Å². The van der Waals surface area contributed by atoms with Crippen LogP contribution in [0, 0.1) is 6.92 Å². The second-order valence-electron chi connectivity index (χ2n) is 6.08. The summed E-state index contributed by atoms with van der Waals surface area (Å²) in [6, 6.07) is 14.8. The van der Waals surface area contributed by atoms with E-state index in [0.717, 1.165) is 22.0 Å². The number of hydrogen-bond donors (Lipinski definition) is 1. The number of carbonyl (C=O) groups is 2. The molecule has 0 unspecified atom stereocenters. The van der Waals surface area contributed by atoms with E-state index in [-0.39, 0.29) is 13.0 Å². The van der Waals surface area contributed by atoms with E-state index in [1.807, 2.05) is 43.3 Å². The highest BCUT2D eigenvalue weighted by Gasteiger charge is 2.13. The molecule has 3 aromatic rings. The zero-order chi connectivity index (χ0) is 19.2. The van der Waals surface area contributed by atoms with Gasteiger partial charge >= 0.3 is 5.97 Å². The zero-order valence-corrected chi connectivity index (χ0v) is 15.2. The molecule has 0 bridgehead atoms. The first kappa shape index (κ1) is 18.4. The van der Waals surface area contributed by atoms with Gasteiger partial charge in [-0.1, -0.05) is 30.3 Å². The first-order chi connectivity index (χ1) is 13.1. The lowest BCUT2D eigenvalue weighted by Crippen LogP contribution is -2.22. The van der Waals surface area contributed by atoms with E-state index in [0.29, 0.717) is 11.4 Å². The van der Waals surface area contributed by atoms with Gasteiger partial charge in [0.2, 0.25) is 0 Å². The smallest absolute Gasteiger partial charge is 0.310 e. The molecule has 138 valence electrons. The molecule has 6 heteroatoms. The molecule has 0 fully saturated rings. The number of pyridine rings is 1. The van der Waals surface area contributed by atoms with Gasteiger partial charge < -0.3 is 14.8 Å². The van der Waals surface area contributed by atoms with Crippen molar-refractivity contribution in [2.24, 2.45) is 0 Å². The minimum Gasteiger partial charge on any atom is -0.495 e. The first-order valence-electron chi connectivity index (χ1n) is 8.49. The maximum Gasteiger partial charge on any atom is 0.310 e. The highest BCUT2D eigenvalue weighted by Crippen LogP contribution is 2.25. The Morgan fingerprint density at radius 1 is 1.11 bits per heavy atom. The molecule has 1 aromatic heterocycles. The number of aromatic nitrogens is 1. The molecule has 0 radical (unpaired) electrons. The van der Waals surface area contributed by atoms with E-state index in [9.17, 15) is 9.59 Å². The van der Waals surface area contributed by atoms with Crippen molar-refractivity contribution in [1.29, 1.82) is 0 Å². The fourth-order valence-electron chi connectivity index (χ4n) is 2.77. The molecule has 27 heavy (non-hydrogen) atoms. The van der Waals surface area contributed by atoms with E-state index in [1.54, 1.807) is 18.3 Å². The third-order valence-electron chi connectivity index (χ3n) is 4.04. The lowest BCUT2D eigenvalue weighted by atomic mass is 10.1. The van der Waals surface area contributed by atoms with Crippen LogP contribution in [-0.4, -0.2) is 30.6 Å². The molecule has 0 aliphatic rings. The molecule has 1 heterocycles. The molecule has 0 saturated heterocycles. The second kappa shape index (κ2) is 8.31. The molecule has 3 rings (SSSR count). The molecular weight excluding hydrogens is 344 g/mol. The van der Waals surface area contributed by atoms with Crippen molar-refractivity contribution in [2.45, 2.75) is 13.3 Å². The fraction of sp³-hybridized carbons (Fsp3) is 0.190. The minimum atomic E-state index is -0.487. The molecule has 0 atom stereocenters. The molecule has 0 saturated carbocycles. The van der Waals surface area contributed by atoms with Crippen molar-refractivity contribution in [3.8, 4) is 5.75 Å². The number of nitrogens with one attached hydrogen (secondary N) is 1. The largest absolute Gasteiger partial charge is 0.495 e. The summed E-state index contributed by atoms with van der Waals surface area (Å²) in [4.78, 5) is 28.6. The van der Waals surface area contributed by atoms with Crippen molar-refractivity contribution >= 4 is 28.5 Å². The van der Waals surface area contributed by atoms with Gasteiger partial charge in [-0.25, -0.2) is 0 Å². The Morgan fingerprint density at radius 2 is 1.93 bits per heavy atom. The third-order valence-corrected chi connectivity index (χ3v) is 4.04. The molecule has 1 N–H and O–H groups in total. The Kier molecular flexibility index (Phi) is 5.66. The lowest BCUT2D eigenvalue weighted by molar-refractivity contribution is -0.146. The molecule has 6 nitrogen and oxygen atoms in total. The van der Waals surface area contributed by atoms with Gasteiger partial charge in [0.05, 0.1) is 24.7 Å². The van der Waals surface area contributed by atoms with Gasteiger partial charge in [-0.2, -0.15) is 0 Å². The predicted octanol–water partition coefficient (Wildman–Crippen LogP) is 3.28. The lowest BCUT2D eigenvalue weighted by Gasteiger charge is -2.11. The highest BCUT2D eigenvalue weighted by molar-refractivity contribution is 5.94. The number of ether oxygens (including phenoxy) is 2. The SMILES string of the molecule is COc1ccc(C)cc1NC(=O)COC(=O)Cc1cccc2cccnc12. The van der Waals surface area contributed by atoms with E-state index in [1.165, 1.54) is 7.11 Å². The van der Waals surface area contributed by atoms with Gasteiger partial charge in [0, 0.05) is 11.6 Å². The van der Waals surface area contributed by atoms with Crippen LogP contribution in [0.5, 0.6) is 5.75 Å². The van der Waals surface area contributed by atoms with Gasteiger partial charge in [0.25, 0.3) is 5.91 Å². The number of nitrogens with zero attached hydrogens (tertiary/aromatic N) is 1. The summed E-state index contributed by atoms with van der Waals surface area (Å²) in [5, 5.41) is 3.65. The summed E-state index contributed by atoms with van der Waals surface area (Å²) >= 11 is 0. The maximum atomic E-state index is 12.1. The Hall–Kier alpha value is -3.41. The average molecular weight is 364 g/mol. The normalized spacial score (nSPS) is 10.4. The molecule has 1 amide bonds. The summed E-state index contributed by atoms with van der Waals surface area (Å²) in [6.45, 7) is 1.54. The van der Waals surface area contributed by atoms with Gasteiger partial charge in [-0.15, -0.1) is 0 Å². The Labute approximate surface area is 157 Å². The number of benzene rings is 2. The number of esters is 1. The summed E-state index contributed by atoms with van der Waals surface area (Å²) < 4.78 is 10.3. The van der Waals surface area contributed by atoms with Crippen LogP contribution in [0.15, 0.2) is 54.7 Å². The number of hydrogen-bond acceptors (Lipinski definition) is 5. The van der Waals surface area contributed by atoms with Gasteiger partial charge in [-0.05, 0) is 36.2 Å². The highest BCUT2D eigenvalue weighted by atomic mass is 16.5. The summed E-state index contributed by atoms with van der Waals surface area (Å²) in [7, 11) is 1.53. The third kappa shape index (κ3) is 4.61. The van der Waals surface area contributed by atoms with Crippen LogP contribution >= 0.6 is 0 Å². The zero-order valence-electron chi connectivity index (χ0n) is 15.2. The van der Waals surface area contributed by atoms with Gasteiger partial charge in [0.1, 0.15) is 5.75 Å². The number of rotatable bonds is 6. The minimum absolute atomic E-state index is 0.0510. The Bertz CT molecular complexity index is 980. The van der Waals surface area contributed by atoms with Crippen LogP contribution in [0.4, 0.5) is 5.69 Å². The quantitative estimate of drug-likeness (QED) is 0.679. The average Bonchev–Trinajstić information content (AvgIpc) is 2.67.